The van der Waals surface area contributed by atoms with Crippen LogP contribution in [0.25, 0.3) is 11.0 Å². The van der Waals surface area contributed by atoms with Crippen LogP contribution in [0.4, 0.5) is 11.6 Å². The molecule has 3 aromatic carbocycles. The van der Waals surface area contributed by atoms with E-state index in [1.54, 1.807) is 6.07 Å². The van der Waals surface area contributed by atoms with Crippen molar-refractivity contribution in [3.8, 4) is 11.5 Å². The summed E-state index contributed by atoms with van der Waals surface area (Å²) in [6.45, 7) is 2.52. The third-order valence-electron chi connectivity index (χ3n) is 5.07. The van der Waals surface area contributed by atoms with Gasteiger partial charge in [-0.05, 0) is 66.6 Å². The second kappa shape index (κ2) is 8.42. The van der Waals surface area contributed by atoms with Gasteiger partial charge >= 0.3 is 0 Å². The Bertz CT molecular complexity index is 1460. The van der Waals surface area contributed by atoms with Crippen molar-refractivity contribution in [2.75, 3.05) is 16.8 Å². The molecule has 0 bridgehead atoms. The molecule has 10 heteroatoms. The number of hydrogen-bond acceptors (Lipinski definition) is 7. The molecule has 168 valence electrons. The number of anilines is 2. The summed E-state index contributed by atoms with van der Waals surface area (Å²) in [5.41, 5.74) is 3.16. The van der Waals surface area contributed by atoms with Crippen LogP contribution < -0.4 is 19.5 Å². The molecule has 0 atom stereocenters. The van der Waals surface area contributed by atoms with E-state index in [2.05, 4.69) is 20.0 Å². The number of fused-ring (bicyclic) bond motifs is 2. The molecule has 2 heterocycles. The molecule has 0 aliphatic carbocycles. The Morgan fingerprint density at radius 3 is 2.48 bits per heavy atom. The Balaban J connectivity index is 1.49. The van der Waals surface area contributed by atoms with E-state index in [0.29, 0.717) is 39.9 Å². The summed E-state index contributed by atoms with van der Waals surface area (Å²) < 4.78 is 39.3. The number of nitrogens with zero attached hydrogens (tertiary/aromatic N) is 2. The Morgan fingerprint density at radius 2 is 1.67 bits per heavy atom. The van der Waals surface area contributed by atoms with Gasteiger partial charge in [0, 0.05) is 11.6 Å². The number of hydrogen-bond donors (Lipinski definition) is 2. The minimum absolute atomic E-state index is 0.0689. The lowest BCUT2D eigenvalue weighted by atomic mass is 10.2. The van der Waals surface area contributed by atoms with Gasteiger partial charge in [-0.2, -0.15) is 0 Å². The minimum atomic E-state index is -3.91. The molecule has 1 aliphatic rings. The van der Waals surface area contributed by atoms with Crippen LogP contribution in [-0.2, 0) is 16.6 Å². The van der Waals surface area contributed by atoms with Crippen LogP contribution in [0.2, 0.25) is 5.02 Å². The highest BCUT2D eigenvalue weighted by Crippen LogP contribution is 2.33. The van der Waals surface area contributed by atoms with Crippen molar-refractivity contribution < 1.29 is 17.9 Å². The molecule has 33 heavy (non-hydrogen) atoms. The summed E-state index contributed by atoms with van der Waals surface area (Å²) in [4.78, 5) is 9.24. The monoisotopic (exact) mass is 482 g/mol. The van der Waals surface area contributed by atoms with Gasteiger partial charge in [-0.25, -0.2) is 18.4 Å². The van der Waals surface area contributed by atoms with Crippen LogP contribution in [0.3, 0.4) is 0 Å². The maximum Gasteiger partial charge on any atom is 0.263 e. The molecule has 0 amide bonds. The van der Waals surface area contributed by atoms with E-state index in [1.807, 2.05) is 37.3 Å². The van der Waals surface area contributed by atoms with Gasteiger partial charge < -0.3 is 14.8 Å². The van der Waals surface area contributed by atoms with Crippen molar-refractivity contribution in [2.45, 2.75) is 18.4 Å². The first-order valence-corrected chi connectivity index (χ1v) is 11.9. The summed E-state index contributed by atoms with van der Waals surface area (Å²) in [7, 11) is -3.91. The zero-order valence-corrected chi connectivity index (χ0v) is 19.1. The fraction of sp³-hybridized carbons (Fsp3) is 0.130. The molecule has 1 aliphatic heterocycles. The summed E-state index contributed by atoms with van der Waals surface area (Å²) in [5, 5.41) is 3.64. The Hall–Kier alpha value is -3.56. The minimum Gasteiger partial charge on any atom is -0.454 e. The first-order valence-electron chi connectivity index (χ1n) is 10.1. The summed E-state index contributed by atoms with van der Waals surface area (Å²) in [6.07, 6.45) is 0. The Labute approximate surface area is 195 Å². The predicted molar refractivity (Wildman–Crippen MR) is 126 cm³/mol. The quantitative estimate of drug-likeness (QED) is 0.409. The van der Waals surface area contributed by atoms with E-state index in [1.165, 1.54) is 24.3 Å². The first-order chi connectivity index (χ1) is 15.9. The summed E-state index contributed by atoms with van der Waals surface area (Å²) in [6, 6.07) is 17.1. The maximum absolute atomic E-state index is 13.0. The number of benzene rings is 3. The van der Waals surface area contributed by atoms with E-state index >= 15 is 0 Å². The van der Waals surface area contributed by atoms with Crippen molar-refractivity contribution in [1.29, 1.82) is 0 Å². The van der Waals surface area contributed by atoms with Crippen LogP contribution in [-0.4, -0.2) is 25.2 Å². The van der Waals surface area contributed by atoms with Gasteiger partial charge in [0.25, 0.3) is 10.0 Å². The summed E-state index contributed by atoms with van der Waals surface area (Å²) >= 11 is 5.90. The van der Waals surface area contributed by atoms with Crippen LogP contribution in [0, 0.1) is 6.92 Å². The number of aromatic nitrogens is 2. The topological polar surface area (TPSA) is 102 Å². The molecular formula is C23H19ClN4O4S. The molecule has 0 saturated carbocycles. The second-order valence-electron chi connectivity index (χ2n) is 7.51. The molecule has 1 aromatic heterocycles. The number of ether oxygens (including phenoxy) is 2. The molecule has 0 saturated heterocycles. The van der Waals surface area contributed by atoms with Gasteiger partial charge in [-0.15, -0.1) is 0 Å². The van der Waals surface area contributed by atoms with Crippen molar-refractivity contribution in [2.24, 2.45) is 0 Å². The van der Waals surface area contributed by atoms with Crippen molar-refractivity contribution in [1.82, 2.24) is 9.97 Å². The van der Waals surface area contributed by atoms with Gasteiger partial charge in [-0.1, -0.05) is 23.7 Å². The SMILES string of the molecule is Cc1ccc2nc(NS(=O)(=O)c3ccc(Cl)cc3)c(NCc3ccc4c(c3)OCO4)nc2c1. The fourth-order valence-electron chi connectivity index (χ4n) is 3.40. The first kappa shape index (κ1) is 21.3. The van der Waals surface area contributed by atoms with Crippen molar-refractivity contribution in [3.05, 3.63) is 76.8 Å². The predicted octanol–water partition coefficient (Wildman–Crippen LogP) is 4.73. The lowest BCUT2D eigenvalue weighted by Gasteiger charge is -2.14. The largest absolute Gasteiger partial charge is 0.454 e. The molecule has 8 nitrogen and oxygen atoms in total. The van der Waals surface area contributed by atoms with Crippen LogP contribution >= 0.6 is 11.6 Å². The highest BCUT2D eigenvalue weighted by atomic mass is 35.5. The van der Waals surface area contributed by atoms with E-state index in [-0.39, 0.29) is 17.5 Å². The van der Waals surface area contributed by atoms with Gasteiger partial charge in [0.1, 0.15) is 0 Å². The fourth-order valence-corrected chi connectivity index (χ4v) is 4.53. The summed E-state index contributed by atoms with van der Waals surface area (Å²) in [5.74, 6) is 1.76. The van der Waals surface area contributed by atoms with Crippen LogP contribution in [0.5, 0.6) is 11.5 Å². The molecule has 4 aromatic rings. The molecule has 0 unspecified atom stereocenters. The van der Waals surface area contributed by atoms with Crippen molar-refractivity contribution in [3.63, 3.8) is 0 Å². The molecule has 0 fully saturated rings. The lowest BCUT2D eigenvalue weighted by Crippen LogP contribution is -2.16. The van der Waals surface area contributed by atoms with Gasteiger partial charge in [-0.3, -0.25) is 4.72 Å². The molecular weight excluding hydrogens is 464 g/mol. The van der Waals surface area contributed by atoms with E-state index in [4.69, 9.17) is 21.1 Å². The lowest BCUT2D eigenvalue weighted by molar-refractivity contribution is 0.174. The third kappa shape index (κ3) is 4.50. The van der Waals surface area contributed by atoms with Crippen LogP contribution in [0.1, 0.15) is 11.1 Å². The van der Waals surface area contributed by atoms with Crippen LogP contribution in [0.15, 0.2) is 65.6 Å². The Morgan fingerprint density at radius 1 is 0.909 bits per heavy atom. The highest BCUT2D eigenvalue weighted by molar-refractivity contribution is 7.92. The number of halogens is 1. The number of nitrogens with one attached hydrogen (secondary N) is 2. The van der Waals surface area contributed by atoms with Gasteiger partial charge in [0.05, 0.1) is 15.9 Å². The molecule has 2 N–H and O–H groups in total. The van der Waals surface area contributed by atoms with Gasteiger partial charge in [0.15, 0.2) is 23.1 Å². The smallest absolute Gasteiger partial charge is 0.263 e. The molecule has 5 rings (SSSR count). The molecule has 0 radical (unpaired) electrons. The van der Waals surface area contributed by atoms with E-state index in [0.717, 1.165) is 11.1 Å². The number of aryl methyl sites for hydroxylation is 1. The van der Waals surface area contributed by atoms with Crippen molar-refractivity contribution >= 4 is 44.3 Å². The number of sulfonamides is 1. The average Bonchev–Trinajstić information content (AvgIpc) is 3.26. The molecule has 0 spiro atoms. The third-order valence-corrected chi connectivity index (χ3v) is 6.68. The van der Waals surface area contributed by atoms with Gasteiger partial charge in [0.2, 0.25) is 6.79 Å². The normalized spacial score (nSPS) is 12.7. The highest BCUT2D eigenvalue weighted by Gasteiger charge is 2.19. The second-order valence-corrected chi connectivity index (χ2v) is 9.63. The standard InChI is InChI=1S/C23H19ClN4O4S/c1-14-2-8-18-19(10-14)27-22(25-12-15-3-9-20-21(11-15)32-13-31-20)23(26-18)28-33(29,30)17-6-4-16(24)5-7-17/h2-11H,12-13H2,1H3,(H,25,27)(H,26,28). The van der Waals surface area contributed by atoms with E-state index in [9.17, 15) is 8.42 Å². The van der Waals surface area contributed by atoms with E-state index < -0.39 is 10.0 Å². The average molecular weight is 483 g/mol. The maximum atomic E-state index is 13.0. The zero-order valence-electron chi connectivity index (χ0n) is 17.5. The number of rotatable bonds is 6. The zero-order chi connectivity index (χ0) is 23.0. The Kier molecular flexibility index (Phi) is 5.43.